The summed E-state index contributed by atoms with van der Waals surface area (Å²) in [4.78, 5) is 47.7. The SMILES string of the molecule is C[SiH]1O[SiH](C)O[Si](C)(O[Si](C)(O[Si]2(C)O[SiH](C)O[SiH](C)O[Si](C)(CCCC3CC(=O)OC3=O)O2)c2ccccc2)O[Si](C)(CCCC2CC(=O)OC2=O)O1. The quantitative estimate of drug-likeness (QED) is 0.160. The summed E-state index contributed by atoms with van der Waals surface area (Å²) >= 11 is 0. The minimum atomic E-state index is -3.63. The molecule has 4 saturated heterocycles. The van der Waals surface area contributed by atoms with Gasteiger partial charge in [-0.3, -0.25) is 19.2 Å². The van der Waals surface area contributed by atoms with E-state index in [1.54, 1.807) is 0 Å². The molecule has 4 aliphatic heterocycles. The van der Waals surface area contributed by atoms with E-state index in [-0.39, 0.29) is 12.8 Å². The van der Waals surface area contributed by atoms with E-state index in [1.165, 1.54) is 0 Å². The molecule has 0 aromatic heterocycles. The third kappa shape index (κ3) is 12.0. The van der Waals surface area contributed by atoms with Crippen LogP contribution in [0.1, 0.15) is 38.5 Å². The largest absolute Gasteiger partial charge is 0.470 e. The minimum Gasteiger partial charge on any atom is -0.420 e. The molecule has 16 nitrogen and oxygen atoms in total. The fourth-order valence-corrected chi connectivity index (χ4v) is 47.7. The molecule has 5 rings (SSSR count). The maximum Gasteiger partial charge on any atom is 0.470 e. The molecule has 0 N–H and O–H groups in total. The molecule has 4 fully saturated rings. The molecule has 4 aliphatic rings. The van der Waals surface area contributed by atoms with Crippen LogP contribution in [-0.4, -0.2) is 104 Å². The van der Waals surface area contributed by atoms with Crippen LogP contribution in [0.25, 0.3) is 0 Å². The summed E-state index contributed by atoms with van der Waals surface area (Å²) in [7, 11) is -25.8. The zero-order chi connectivity index (χ0) is 39.5. The van der Waals surface area contributed by atoms with Crippen LogP contribution < -0.4 is 5.19 Å². The Morgan fingerprint density at radius 3 is 1.41 bits per heavy atom. The molecule has 1 aromatic rings. The van der Waals surface area contributed by atoms with Crippen molar-refractivity contribution < 1.29 is 69.8 Å². The standard InChI is InChI=1S/C29H54O16Si9/c1-46-36-48(3)40-53(8,42-50(5,38-46)19-13-15-23-21-26(30)34-28(23)32)44-52(7,25-17-11-10-12-18-25)45-54(9)41-49(4)37-47(2)39-51(6,43-54)20-14-16-24-22-27(31)35-29(24)33/h10-12,17-18,23-24,46-49H,13-16,19-22H2,1-9H3. The molecule has 4 heterocycles. The van der Waals surface area contributed by atoms with Crippen LogP contribution in [-0.2, 0) is 69.8 Å². The lowest BCUT2D eigenvalue weighted by Gasteiger charge is -2.47. The maximum absolute atomic E-state index is 12.2. The van der Waals surface area contributed by atoms with Crippen LogP contribution in [0.5, 0.6) is 0 Å². The first-order valence-corrected chi connectivity index (χ1v) is 38.8. The van der Waals surface area contributed by atoms with Gasteiger partial charge in [0.15, 0.2) is 0 Å². The number of hydrogen-bond acceptors (Lipinski definition) is 16. The summed E-state index contributed by atoms with van der Waals surface area (Å²) in [6.07, 6.45) is 2.26. The van der Waals surface area contributed by atoms with Gasteiger partial charge in [-0.1, -0.05) is 43.2 Å². The number of cyclic esters (lactones) is 4. The average Bonchev–Trinajstić information content (AvgIpc) is 3.51. The Kier molecular flexibility index (Phi) is 14.6. The molecule has 0 radical (unpaired) electrons. The molecule has 0 amide bonds. The van der Waals surface area contributed by atoms with Crippen molar-refractivity contribution in [3.8, 4) is 0 Å². The molecule has 0 aliphatic carbocycles. The summed E-state index contributed by atoms with van der Waals surface area (Å²) in [5.41, 5.74) is 0. The van der Waals surface area contributed by atoms with Crippen molar-refractivity contribution in [2.45, 2.75) is 110 Å². The second-order valence-corrected chi connectivity index (χ2v) is 40.1. The number of carbonyl (C=O) groups is 4. The molecule has 10 unspecified atom stereocenters. The lowest BCUT2D eigenvalue weighted by molar-refractivity contribution is -0.155. The van der Waals surface area contributed by atoms with Gasteiger partial charge in [0, 0.05) is 13.1 Å². The topological polar surface area (TPSA) is 179 Å². The third-order valence-electron chi connectivity index (χ3n) is 9.51. The van der Waals surface area contributed by atoms with Crippen molar-refractivity contribution in [1.82, 2.24) is 0 Å². The molecule has 0 bridgehead atoms. The van der Waals surface area contributed by atoms with Gasteiger partial charge >= 0.3 is 85.7 Å². The first kappa shape index (κ1) is 44.2. The predicted octanol–water partition coefficient (Wildman–Crippen LogP) is 2.58. The first-order chi connectivity index (χ1) is 25.2. The Morgan fingerprint density at radius 2 is 1.04 bits per heavy atom. The summed E-state index contributed by atoms with van der Waals surface area (Å²) < 4.78 is 77.4. The number of ether oxygens (including phenoxy) is 2. The van der Waals surface area contributed by atoms with Crippen molar-refractivity contribution in [1.29, 1.82) is 0 Å². The molecule has 54 heavy (non-hydrogen) atoms. The summed E-state index contributed by atoms with van der Waals surface area (Å²) in [6.45, 7) is 17.4. The van der Waals surface area contributed by atoms with E-state index in [0.29, 0.717) is 37.8 Å². The van der Waals surface area contributed by atoms with E-state index in [1.807, 2.05) is 89.3 Å². The van der Waals surface area contributed by atoms with Gasteiger partial charge in [-0.05, 0) is 75.9 Å². The van der Waals surface area contributed by atoms with E-state index < -0.39 is 116 Å². The Balaban J connectivity index is 1.40. The molecular weight excluding hydrogens is 857 g/mol. The van der Waals surface area contributed by atoms with Crippen LogP contribution in [0, 0.1) is 11.8 Å². The van der Waals surface area contributed by atoms with Crippen LogP contribution in [0.2, 0.25) is 71.0 Å². The van der Waals surface area contributed by atoms with E-state index in [2.05, 4.69) is 0 Å². The van der Waals surface area contributed by atoms with Gasteiger partial charge in [0.2, 0.25) is 0 Å². The van der Waals surface area contributed by atoms with E-state index in [0.717, 1.165) is 5.19 Å². The minimum absolute atomic E-state index is 0.0801. The molecule has 302 valence electrons. The lowest BCUT2D eigenvalue weighted by atomic mass is 10.0. The fourth-order valence-electron chi connectivity index (χ4n) is 7.56. The third-order valence-corrected chi connectivity index (χ3v) is 44.8. The second kappa shape index (κ2) is 17.9. The van der Waals surface area contributed by atoms with E-state index in [9.17, 15) is 19.2 Å². The van der Waals surface area contributed by atoms with Gasteiger partial charge in [0.1, 0.15) is 0 Å². The van der Waals surface area contributed by atoms with Gasteiger partial charge in [-0.15, -0.1) is 0 Å². The summed E-state index contributed by atoms with van der Waals surface area (Å²) in [6, 6.07) is 10.7. The number of carbonyl (C=O) groups excluding carboxylic acids is 4. The fraction of sp³-hybridized carbons (Fsp3) is 0.655. The van der Waals surface area contributed by atoms with Crippen molar-refractivity contribution in [3.63, 3.8) is 0 Å². The van der Waals surface area contributed by atoms with Crippen molar-refractivity contribution in [3.05, 3.63) is 30.3 Å². The number of esters is 4. The lowest BCUT2D eigenvalue weighted by Crippen LogP contribution is -2.70. The van der Waals surface area contributed by atoms with E-state index >= 15 is 0 Å². The van der Waals surface area contributed by atoms with Gasteiger partial charge in [0.25, 0.3) is 18.6 Å². The molecule has 25 heteroatoms. The van der Waals surface area contributed by atoms with Crippen molar-refractivity contribution in [2.75, 3.05) is 0 Å². The van der Waals surface area contributed by atoms with Crippen molar-refractivity contribution >= 4 is 109 Å². The highest BCUT2D eigenvalue weighted by Gasteiger charge is 2.59. The highest BCUT2D eigenvalue weighted by molar-refractivity contribution is 6.96. The Morgan fingerprint density at radius 1 is 0.648 bits per heavy atom. The average molecular weight is 912 g/mol. The Bertz CT molecular complexity index is 1450. The molecular formula is C29H54O16Si9. The predicted molar refractivity (Wildman–Crippen MR) is 214 cm³/mol. The summed E-state index contributed by atoms with van der Waals surface area (Å²) in [5.74, 6) is -2.91. The summed E-state index contributed by atoms with van der Waals surface area (Å²) in [5, 5.41) is 0.814. The normalized spacial score (nSPS) is 39.2. The van der Waals surface area contributed by atoms with Crippen LogP contribution >= 0.6 is 0 Å². The smallest absolute Gasteiger partial charge is 0.420 e. The zero-order valence-electron chi connectivity index (χ0n) is 32.5. The van der Waals surface area contributed by atoms with Gasteiger partial charge < -0.3 is 50.6 Å². The number of rotatable bonds is 13. The Hall–Kier alpha value is -0.948. The number of hydrogen-bond donors (Lipinski definition) is 0. The second-order valence-electron chi connectivity index (χ2n) is 14.9. The zero-order valence-corrected chi connectivity index (χ0v) is 42.2. The molecule has 0 saturated carbocycles. The van der Waals surface area contributed by atoms with E-state index in [4.69, 9.17) is 50.6 Å². The van der Waals surface area contributed by atoms with Gasteiger partial charge in [0.05, 0.1) is 24.7 Å². The van der Waals surface area contributed by atoms with Gasteiger partial charge in [-0.2, -0.15) is 0 Å². The maximum atomic E-state index is 12.2. The van der Waals surface area contributed by atoms with Crippen molar-refractivity contribution in [2.24, 2.45) is 11.8 Å². The molecule has 1 aromatic carbocycles. The first-order valence-electron chi connectivity index (χ1n) is 18.6. The van der Waals surface area contributed by atoms with Crippen LogP contribution in [0.3, 0.4) is 0 Å². The van der Waals surface area contributed by atoms with Gasteiger partial charge in [-0.25, -0.2) is 0 Å². The molecule has 10 atom stereocenters. The highest BCUT2D eigenvalue weighted by Crippen LogP contribution is 2.35. The molecule has 0 spiro atoms. The van der Waals surface area contributed by atoms with Crippen LogP contribution in [0.15, 0.2) is 30.3 Å². The monoisotopic (exact) mass is 910 g/mol. The van der Waals surface area contributed by atoms with Crippen LogP contribution in [0.4, 0.5) is 0 Å². The number of benzene rings is 1. The Labute approximate surface area is 329 Å². The highest BCUT2D eigenvalue weighted by atomic mass is 28.6.